The number of carbonyl (C=O) groups excluding carboxylic acids is 3. The summed E-state index contributed by atoms with van der Waals surface area (Å²) in [4.78, 5) is 42.5. The number of amides is 4. The molecule has 2 aliphatic rings. The number of pyridine rings is 1. The molecule has 0 unspecified atom stereocenters. The number of imide groups is 1. The van der Waals surface area contributed by atoms with Gasteiger partial charge in [-0.2, -0.15) is 0 Å². The van der Waals surface area contributed by atoms with Crippen LogP contribution in [-0.4, -0.2) is 50.8 Å². The van der Waals surface area contributed by atoms with Gasteiger partial charge >= 0.3 is 6.03 Å². The third kappa shape index (κ3) is 3.58. The van der Waals surface area contributed by atoms with Crippen molar-refractivity contribution in [1.82, 2.24) is 24.9 Å². The molecule has 28 heavy (non-hydrogen) atoms. The summed E-state index contributed by atoms with van der Waals surface area (Å²) in [6.07, 6.45) is 8.68. The molecule has 2 aromatic heterocycles. The number of urea groups is 1. The monoisotopic (exact) mass is 383 g/mol. The summed E-state index contributed by atoms with van der Waals surface area (Å²) in [5.74, 6) is -0.200. The number of rotatable bonds is 7. The van der Waals surface area contributed by atoms with Gasteiger partial charge in [0.1, 0.15) is 11.2 Å². The highest BCUT2D eigenvalue weighted by atomic mass is 16.2. The van der Waals surface area contributed by atoms with Gasteiger partial charge in [0.25, 0.3) is 5.91 Å². The molecule has 1 aliphatic heterocycles. The van der Waals surface area contributed by atoms with E-state index in [-0.39, 0.29) is 30.8 Å². The second-order valence-corrected chi connectivity index (χ2v) is 7.58. The summed E-state index contributed by atoms with van der Waals surface area (Å²) in [5, 5.41) is 5.74. The summed E-state index contributed by atoms with van der Waals surface area (Å²) in [6.45, 7) is 0.793. The molecule has 2 fully saturated rings. The fraction of sp³-hybridized carbons (Fsp3) is 0.500. The summed E-state index contributed by atoms with van der Waals surface area (Å²) >= 11 is 0. The van der Waals surface area contributed by atoms with Gasteiger partial charge in [-0.05, 0) is 31.4 Å². The number of nitrogens with one attached hydrogen (secondary N) is 2. The Bertz CT molecular complexity index is 867. The van der Waals surface area contributed by atoms with Crippen LogP contribution in [0.4, 0.5) is 4.79 Å². The van der Waals surface area contributed by atoms with Crippen LogP contribution in [-0.2, 0) is 16.0 Å². The minimum absolute atomic E-state index is 0.0774. The molecule has 2 N–H and O–H groups in total. The molecule has 1 saturated carbocycles. The molecular formula is C20H25N5O3. The zero-order valence-corrected chi connectivity index (χ0v) is 15.8. The fourth-order valence-electron chi connectivity index (χ4n) is 4.12. The Kier molecular flexibility index (Phi) is 5.02. The predicted octanol–water partition coefficient (Wildman–Crippen LogP) is 1.64. The van der Waals surface area contributed by atoms with E-state index in [1.54, 1.807) is 0 Å². The van der Waals surface area contributed by atoms with E-state index >= 15 is 0 Å². The summed E-state index contributed by atoms with van der Waals surface area (Å²) in [6, 6.07) is 5.50. The van der Waals surface area contributed by atoms with Crippen LogP contribution in [0.1, 0.15) is 44.2 Å². The zero-order chi connectivity index (χ0) is 19.6. The SMILES string of the molecule is O=C(CCCN1C(=O)NC2(CCCC2)C1=O)NCCc1cn2ccccc2n1. The van der Waals surface area contributed by atoms with Crippen molar-refractivity contribution in [1.29, 1.82) is 0 Å². The van der Waals surface area contributed by atoms with Crippen LogP contribution in [0, 0.1) is 0 Å². The number of hydrogen-bond donors (Lipinski definition) is 2. The maximum atomic E-state index is 12.6. The van der Waals surface area contributed by atoms with Crippen molar-refractivity contribution >= 4 is 23.5 Å². The van der Waals surface area contributed by atoms with Crippen LogP contribution < -0.4 is 10.6 Å². The standard InChI is InChI=1S/C20H25N5O3/c26-17(21-11-8-15-14-24-12-4-1-6-16(24)22-15)7-5-13-25-18(27)20(23-19(25)28)9-2-3-10-20/h1,4,6,12,14H,2-3,5,7-11,13H2,(H,21,26)(H,23,28). The molecule has 4 rings (SSSR count). The van der Waals surface area contributed by atoms with Gasteiger partial charge in [-0.3, -0.25) is 14.5 Å². The quantitative estimate of drug-likeness (QED) is 0.711. The minimum Gasteiger partial charge on any atom is -0.356 e. The lowest BCUT2D eigenvalue weighted by molar-refractivity contribution is -0.131. The van der Waals surface area contributed by atoms with Crippen LogP contribution in [0.5, 0.6) is 0 Å². The molecule has 8 heteroatoms. The van der Waals surface area contributed by atoms with Crippen molar-refractivity contribution in [2.75, 3.05) is 13.1 Å². The van der Waals surface area contributed by atoms with Gasteiger partial charge in [-0.15, -0.1) is 0 Å². The normalized spacial score (nSPS) is 18.2. The molecule has 0 atom stereocenters. The molecule has 4 amide bonds. The van der Waals surface area contributed by atoms with Crippen molar-refractivity contribution in [2.24, 2.45) is 0 Å². The maximum absolute atomic E-state index is 12.6. The second-order valence-electron chi connectivity index (χ2n) is 7.58. The number of hydrogen-bond acceptors (Lipinski definition) is 4. The van der Waals surface area contributed by atoms with Crippen molar-refractivity contribution in [2.45, 2.75) is 50.5 Å². The van der Waals surface area contributed by atoms with Gasteiger partial charge in [-0.1, -0.05) is 18.9 Å². The van der Waals surface area contributed by atoms with Crippen LogP contribution in [0.15, 0.2) is 30.6 Å². The first-order valence-corrected chi connectivity index (χ1v) is 9.91. The Balaban J connectivity index is 1.18. The molecule has 8 nitrogen and oxygen atoms in total. The Morgan fingerprint density at radius 1 is 1.25 bits per heavy atom. The third-order valence-electron chi connectivity index (χ3n) is 5.61. The number of carbonyl (C=O) groups is 3. The van der Waals surface area contributed by atoms with Crippen molar-refractivity contribution in [3.05, 3.63) is 36.3 Å². The van der Waals surface area contributed by atoms with Crippen molar-refractivity contribution < 1.29 is 14.4 Å². The lowest BCUT2D eigenvalue weighted by Gasteiger charge is -2.19. The Hall–Kier alpha value is -2.90. The molecule has 0 aromatic carbocycles. The van der Waals surface area contributed by atoms with Crippen LogP contribution in [0.3, 0.4) is 0 Å². The molecule has 3 heterocycles. The number of imidazole rings is 1. The van der Waals surface area contributed by atoms with E-state index in [1.165, 1.54) is 4.90 Å². The van der Waals surface area contributed by atoms with E-state index in [0.717, 1.165) is 37.0 Å². The molecule has 1 aliphatic carbocycles. The zero-order valence-electron chi connectivity index (χ0n) is 15.8. The highest BCUT2D eigenvalue weighted by Crippen LogP contribution is 2.35. The van der Waals surface area contributed by atoms with Gasteiger partial charge in [-0.25, -0.2) is 9.78 Å². The van der Waals surface area contributed by atoms with Gasteiger partial charge in [0.15, 0.2) is 0 Å². The first-order valence-electron chi connectivity index (χ1n) is 9.91. The van der Waals surface area contributed by atoms with E-state index in [4.69, 9.17) is 0 Å². The van der Waals surface area contributed by atoms with E-state index in [0.29, 0.717) is 19.4 Å². The van der Waals surface area contributed by atoms with Gasteiger partial charge in [0.2, 0.25) is 5.91 Å². The molecule has 1 spiro atoms. The van der Waals surface area contributed by atoms with E-state index in [2.05, 4.69) is 15.6 Å². The summed E-state index contributed by atoms with van der Waals surface area (Å²) in [7, 11) is 0. The lowest BCUT2D eigenvalue weighted by atomic mass is 9.98. The average Bonchev–Trinajstić information content (AvgIpc) is 3.36. The molecule has 0 bridgehead atoms. The first kappa shape index (κ1) is 18.5. The van der Waals surface area contributed by atoms with Crippen LogP contribution >= 0.6 is 0 Å². The maximum Gasteiger partial charge on any atom is 0.325 e. The Morgan fingerprint density at radius 2 is 2.07 bits per heavy atom. The molecule has 2 aromatic rings. The molecule has 148 valence electrons. The summed E-state index contributed by atoms with van der Waals surface area (Å²) in [5.41, 5.74) is 1.14. The summed E-state index contributed by atoms with van der Waals surface area (Å²) < 4.78 is 1.95. The topological polar surface area (TPSA) is 95.8 Å². The largest absolute Gasteiger partial charge is 0.356 e. The highest BCUT2D eigenvalue weighted by Gasteiger charge is 2.51. The number of nitrogens with zero attached hydrogens (tertiary/aromatic N) is 3. The smallest absolute Gasteiger partial charge is 0.325 e. The van der Waals surface area contributed by atoms with Gasteiger partial charge < -0.3 is 15.0 Å². The minimum atomic E-state index is -0.673. The van der Waals surface area contributed by atoms with Crippen LogP contribution in [0.25, 0.3) is 5.65 Å². The van der Waals surface area contributed by atoms with Gasteiger partial charge in [0, 0.05) is 38.3 Å². The second kappa shape index (κ2) is 7.61. The van der Waals surface area contributed by atoms with E-state index in [1.807, 2.05) is 35.0 Å². The predicted molar refractivity (Wildman–Crippen MR) is 103 cm³/mol. The Labute approximate surface area is 163 Å². The van der Waals surface area contributed by atoms with Crippen molar-refractivity contribution in [3.63, 3.8) is 0 Å². The molecule has 1 saturated heterocycles. The average molecular weight is 383 g/mol. The van der Waals surface area contributed by atoms with Gasteiger partial charge in [0.05, 0.1) is 5.69 Å². The fourth-order valence-corrected chi connectivity index (χ4v) is 4.12. The van der Waals surface area contributed by atoms with E-state index < -0.39 is 5.54 Å². The first-order chi connectivity index (χ1) is 13.6. The third-order valence-corrected chi connectivity index (χ3v) is 5.61. The van der Waals surface area contributed by atoms with Crippen LogP contribution in [0.2, 0.25) is 0 Å². The molecule has 0 radical (unpaired) electrons. The van der Waals surface area contributed by atoms with Crippen molar-refractivity contribution in [3.8, 4) is 0 Å². The lowest BCUT2D eigenvalue weighted by Crippen LogP contribution is -2.44. The van der Waals surface area contributed by atoms with E-state index in [9.17, 15) is 14.4 Å². The highest BCUT2D eigenvalue weighted by molar-refractivity contribution is 6.07. The number of aromatic nitrogens is 2. The Morgan fingerprint density at radius 3 is 2.86 bits per heavy atom. The molecular weight excluding hydrogens is 358 g/mol. The number of fused-ring (bicyclic) bond motifs is 1.